The minimum absolute atomic E-state index is 0.595. The van der Waals surface area contributed by atoms with E-state index in [-0.39, 0.29) is 0 Å². The lowest BCUT2D eigenvalue weighted by Gasteiger charge is -2.32. The van der Waals surface area contributed by atoms with E-state index >= 15 is 0 Å². The van der Waals surface area contributed by atoms with Gasteiger partial charge >= 0.3 is 0 Å². The zero-order chi connectivity index (χ0) is 12.6. The van der Waals surface area contributed by atoms with Crippen LogP contribution in [0.15, 0.2) is 0 Å². The normalized spacial score (nSPS) is 41.3. The van der Waals surface area contributed by atoms with Crippen molar-refractivity contribution in [3.05, 3.63) is 0 Å². The summed E-state index contributed by atoms with van der Waals surface area (Å²) in [5.74, 6) is 0. The van der Waals surface area contributed by atoms with Gasteiger partial charge in [0, 0.05) is 24.7 Å². The summed E-state index contributed by atoms with van der Waals surface area (Å²) in [6, 6.07) is 2.52. The molecule has 2 bridgehead atoms. The van der Waals surface area contributed by atoms with Crippen molar-refractivity contribution in [3.8, 4) is 0 Å². The van der Waals surface area contributed by atoms with Gasteiger partial charge in [-0.1, -0.05) is 20.3 Å². The fraction of sp³-hybridized carbons (Fsp3) is 1.00. The van der Waals surface area contributed by atoms with Crippen LogP contribution in [0.25, 0.3) is 0 Å². The van der Waals surface area contributed by atoms with Gasteiger partial charge in [-0.05, 0) is 56.9 Å². The Bertz CT molecular complexity index is 287. The highest BCUT2D eigenvalue weighted by molar-refractivity contribution is 4.92. The van der Waals surface area contributed by atoms with E-state index in [1.54, 1.807) is 0 Å². The molecule has 3 fully saturated rings. The van der Waals surface area contributed by atoms with Crippen LogP contribution in [-0.4, -0.2) is 36.1 Å². The third-order valence-electron chi connectivity index (χ3n) is 5.62. The Morgan fingerprint density at radius 2 is 1.78 bits per heavy atom. The first kappa shape index (κ1) is 12.9. The molecule has 2 saturated heterocycles. The van der Waals surface area contributed by atoms with Crippen molar-refractivity contribution in [3.63, 3.8) is 0 Å². The highest BCUT2D eigenvalue weighted by Gasteiger charge is 2.33. The molecule has 0 aromatic carbocycles. The lowest BCUT2D eigenvalue weighted by molar-refractivity contribution is 0.166. The largest absolute Gasteiger partial charge is 0.310 e. The first-order valence-electron chi connectivity index (χ1n) is 8.12. The molecular weight excluding hydrogens is 220 g/mol. The van der Waals surface area contributed by atoms with Crippen molar-refractivity contribution < 1.29 is 0 Å². The second-order valence-electron chi connectivity index (χ2n) is 7.67. The molecule has 0 aromatic heterocycles. The molecule has 2 heterocycles. The second kappa shape index (κ2) is 5.13. The lowest BCUT2D eigenvalue weighted by Crippen LogP contribution is -2.41. The summed E-state index contributed by atoms with van der Waals surface area (Å²) < 4.78 is 0. The standard InChI is InChI=1S/C16H30N2/c1-16(2)9-3-4-15(7-10-16)18-11-8-13-5-6-14(12-18)17-13/h13-15,17H,3-12H2,1-2H3. The van der Waals surface area contributed by atoms with E-state index in [2.05, 4.69) is 24.1 Å². The van der Waals surface area contributed by atoms with Gasteiger partial charge in [-0.15, -0.1) is 0 Å². The van der Waals surface area contributed by atoms with Crippen molar-refractivity contribution in [1.29, 1.82) is 0 Å². The van der Waals surface area contributed by atoms with Crippen LogP contribution < -0.4 is 5.32 Å². The molecule has 1 aliphatic carbocycles. The van der Waals surface area contributed by atoms with Crippen molar-refractivity contribution in [2.24, 2.45) is 5.41 Å². The molecule has 0 spiro atoms. The summed E-state index contributed by atoms with van der Waals surface area (Å²) in [4.78, 5) is 2.83. The molecule has 18 heavy (non-hydrogen) atoms. The van der Waals surface area contributed by atoms with Crippen LogP contribution >= 0.6 is 0 Å². The van der Waals surface area contributed by atoms with Gasteiger partial charge in [-0.25, -0.2) is 0 Å². The molecule has 2 heteroatoms. The summed E-state index contributed by atoms with van der Waals surface area (Å²) in [5.41, 5.74) is 0.595. The molecule has 2 nitrogen and oxygen atoms in total. The minimum atomic E-state index is 0.595. The predicted octanol–water partition coefficient (Wildman–Crippen LogP) is 3.17. The number of likely N-dealkylation sites (tertiary alicyclic amines) is 1. The minimum Gasteiger partial charge on any atom is -0.310 e. The summed E-state index contributed by atoms with van der Waals surface area (Å²) >= 11 is 0. The van der Waals surface area contributed by atoms with Gasteiger partial charge in [-0.2, -0.15) is 0 Å². The molecule has 3 aliphatic rings. The van der Waals surface area contributed by atoms with Crippen LogP contribution in [0.3, 0.4) is 0 Å². The molecule has 0 radical (unpaired) electrons. The quantitative estimate of drug-likeness (QED) is 0.719. The Hall–Kier alpha value is -0.0800. The van der Waals surface area contributed by atoms with Gasteiger partial charge in [-0.3, -0.25) is 4.90 Å². The van der Waals surface area contributed by atoms with E-state index in [0.717, 1.165) is 18.1 Å². The monoisotopic (exact) mass is 250 g/mol. The predicted molar refractivity (Wildman–Crippen MR) is 76.8 cm³/mol. The van der Waals surface area contributed by atoms with Gasteiger partial charge in [0.05, 0.1) is 0 Å². The van der Waals surface area contributed by atoms with Crippen LogP contribution in [-0.2, 0) is 0 Å². The Labute approximate surface area is 113 Å². The Morgan fingerprint density at radius 3 is 2.67 bits per heavy atom. The first-order valence-corrected chi connectivity index (χ1v) is 8.12. The van der Waals surface area contributed by atoms with Gasteiger partial charge < -0.3 is 5.32 Å². The maximum atomic E-state index is 3.81. The molecule has 3 unspecified atom stereocenters. The van der Waals surface area contributed by atoms with E-state index < -0.39 is 0 Å². The smallest absolute Gasteiger partial charge is 0.0198 e. The number of hydrogen-bond acceptors (Lipinski definition) is 2. The third kappa shape index (κ3) is 2.91. The molecule has 0 aromatic rings. The SMILES string of the molecule is CC1(C)CCCC(N2CCC3CCC(C2)N3)CC1. The molecule has 3 rings (SSSR count). The topological polar surface area (TPSA) is 15.3 Å². The molecule has 0 amide bonds. The van der Waals surface area contributed by atoms with E-state index in [4.69, 9.17) is 0 Å². The number of hydrogen-bond donors (Lipinski definition) is 1. The summed E-state index contributed by atoms with van der Waals surface area (Å²) in [6.45, 7) is 7.59. The Balaban J connectivity index is 1.60. The highest BCUT2D eigenvalue weighted by Crippen LogP contribution is 2.36. The summed E-state index contributed by atoms with van der Waals surface area (Å²) in [6.07, 6.45) is 11.4. The van der Waals surface area contributed by atoms with Crippen LogP contribution in [0.2, 0.25) is 0 Å². The zero-order valence-electron chi connectivity index (χ0n) is 12.3. The van der Waals surface area contributed by atoms with Gasteiger partial charge in [0.15, 0.2) is 0 Å². The third-order valence-corrected chi connectivity index (χ3v) is 5.62. The fourth-order valence-corrected chi connectivity index (χ4v) is 4.31. The molecule has 2 aliphatic heterocycles. The molecule has 104 valence electrons. The summed E-state index contributed by atoms with van der Waals surface area (Å²) in [7, 11) is 0. The average molecular weight is 250 g/mol. The molecular formula is C16H30N2. The molecule has 1 N–H and O–H groups in total. The fourth-order valence-electron chi connectivity index (χ4n) is 4.31. The van der Waals surface area contributed by atoms with E-state index in [1.165, 1.54) is 64.5 Å². The Kier molecular flexibility index (Phi) is 3.68. The van der Waals surface area contributed by atoms with Crippen molar-refractivity contribution in [2.45, 2.75) is 83.3 Å². The number of fused-ring (bicyclic) bond motifs is 2. The number of nitrogens with one attached hydrogen (secondary N) is 1. The van der Waals surface area contributed by atoms with Crippen LogP contribution in [0.5, 0.6) is 0 Å². The number of rotatable bonds is 1. The van der Waals surface area contributed by atoms with Crippen LogP contribution in [0, 0.1) is 5.41 Å². The average Bonchev–Trinajstić information content (AvgIpc) is 2.52. The van der Waals surface area contributed by atoms with Crippen molar-refractivity contribution in [1.82, 2.24) is 10.2 Å². The lowest BCUT2D eigenvalue weighted by atomic mass is 9.85. The van der Waals surface area contributed by atoms with E-state index in [0.29, 0.717) is 5.41 Å². The maximum Gasteiger partial charge on any atom is 0.0198 e. The summed E-state index contributed by atoms with van der Waals surface area (Å²) in [5, 5.41) is 3.81. The second-order valence-corrected chi connectivity index (χ2v) is 7.67. The first-order chi connectivity index (χ1) is 8.62. The van der Waals surface area contributed by atoms with Gasteiger partial charge in [0.1, 0.15) is 0 Å². The van der Waals surface area contributed by atoms with Crippen LogP contribution in [0.1, 0.15) is 65.2 Å². The highest BCUT2D eigenvalue weighted by atomic mass is 15.2. The van der Waals surface area contributed by atoms with E-state index in [9.17, 15) is 0 Å². The Morgan fingerprint density at radius 1 is 0.944 bits per heavy atom. The van der Waals surface area contributed by atoms with Crippen molar-refractivity contribution >= 4 is 0 Å². The van der Waals surface area contributed by atoms with Gasteiger partial charge in [0.2, 0.25) is 0 Å². The number of nitrogens with zero attached hydrogens (tertiary/aromatic N) is 1. The van der Waals surface area contributed by atoms with Crippen molar-refractivity contribution in [2.75, 3.05) is 13.1 Å². The molecule has 3 atom stereocenters. The molecule has 1 saturated carbocycles. The van der Waals surface area contributed by atoms with E-state index in [1.807, 2.05) is 0 Å². The van der Waals surface area contributed by atoms with Gasteiger partial charge in [0.25, 0.3) is 0 Å². The maximum absolute atomic E-state index is 3.81. The zero-order valence-corrected chi connectivity index (χ0v) is 12.3. The van der Waals surface area contributed by atoms with Crippen LogP contribution in [0.4, 0.5) is 0 Å².